The summed E-state index contributed by atoms with van der Waals surface area (Å²) in [5.74, 6) is 0.543. The van der Waals surface area contributed by atoms with Crippen LogP contribution in [0.15, 0.2) is 61.2 Å². The number of pyridine rings is 1. The van der Waals surface area contributed by atoms with E-state index >= 15 is 0 Å². The predicted molar refractivity (Wildman–Crippen MR) is 136 cm³/mol. The summed E-state index contributed by atoms with van der Waals surface area (Å²) in [5.41, 5.74) is 3.82. The number of nitriles is 1. The molecule has 10 nitrogen and oxygen atoms in total. The molecule has 1 aromatic carbocycles. The summed E-state index contributed by atoms with van der Waals surface area (Å²) in [4.78, 5) is 30.3. The Balaban J connectivity index is 1.30. The highest BCUT2D eigenvalue weighted by Gasteiger charge is 2.17. The number of carbonyl (C=O) groups excluding carboxylic acids is 1. The summed E-state index contributed by atoms with van der Waals surface area (Å²) in [6.07, 6.45) is 6.82. The maximum absolute atomic E-state index is 13.1. The van der Waals surface area contributed by atoms with Gasteiger partial charge >= 0.3 is 0 Å². The van der Waals surface area contributed by atoms with E-state index < -0.39 is 0 Å². The van der Waals surface area contributed by atoms with Gasteiger partial charge < -0.3 is 15.0 Å². The molecule has 1 N–H and O–H groups in total. The molecule has 182 valence electrons. The van der Waals surface area contributed by atoms with Crippen LogP contribution in [0.25, 0.3) is 16.9 Å². The SMILES string of the molecule is CN(C(=O)c1cn2c(-c3ccc(NCCN4CCOCC4)nc3)cnc2cn1)c1ccc(C#N)cc1. The summed E-state index contributed by atoms with van der Waals surface area (Å²) >= 11 is 0. The van der Waals surface area contributed by atoms with Crippen molar-refractivity contribution < 1.29 is 9.53 Å². The first-order chi connectivity index (χ1) is 17.6. The molecule has 36 heavy (non-hydrogen) atoms. The molecule has 1 saturated heterocycles. The lowest BCUT2D eigenvalue weighted by molar-refractivity contribution is 0.0398. The lowest BCUT2D eigenvalue weighted by Gasteiger charge is -2.26. The third-order valence-electron chi connectivity index (χ3n) is 6.20. The van der Waals surface area contributed by atoms with Crippen molar-refractivity contribution in [3.05, 3.63) is 72.4 Å². The fourth-order valence-electron chi connectivity index (χ4n) is 4.08. The molecule has 0 aliphatic carbocycles. The van der Waals surface area contributed by atoms with Gasteiger partial charge in [0.25, 0.3) is 5.91 Å². The molecule has 0 radical (unpaired) electrons. The van der Waals surface area contributed by atoms with Crippen molar-refractivity contribution in [2.75, 3.05) is 56.7 Å². The molecular weight excluding hydrogens is 456 g/mol. The topological polar surface area (TPSA) is 112 Å². The smallest absolute Gasteiger partial charge is 0.278 e. The Morgan fingerprint density at radius 1 is 1.08 bits per heavy atom. The fraction of sp³-hybridized carbons (Fsp3) is 0.269. The second-order valence-electron chi connectivity index (χ2n) is 8.48. The number of nitrogens with one attached hydrogen (secondary N) is 1. The van der Waals surface area contributed by atoms with Crippen LogP contribution in [0.5, 0.6) is 0 Å². The number of aromatic nitrogens is 4. The van der Waals surface area contributed by atoms with Gasteiger partial charge in [-0.1, -0.05) is 0 Å². The van der Waals surface area contributed by atoms with E-state index in [9.17, 15) is 4.79 Å². The highest BCUT2D eigenvalue weighted by Crippen LogP contribution is 2.22. The average molecular weight is 483 g/mol. The van der Waals surface area contributed by atoms with E-state index in [4.69, 9.17) is 10.00 Å². The van der Waals surface area contributed by atoms with E-state index in [1.54, 1.807) is 56.1 Å². The third kappa shape index (κ3) is 5.02. The van der Waals surface area contributed by atoms with Crippen LogP contribution >= 0.6 is 0 Å². The van der Waals surface area contributed by atoms with Gasteiger partial charge in [-0.15, -0.1) is 0 Å². The van der Waals surface area contributed by atoms with Gasteiger partial charge in [-0.05, 0) is 36.4 Å². The zero-order valence-electron chi connectivity index (χ0n) is 20.0. The molecular formula is C26H26N8O2. The van der Waals surface area contributed by atoms with Crippen molar-refractivity contribution in [3.63, 3.8) is 0 Å². The molecule has 0 bridgehead atoms. The number of amides is 1. The largest absolute Gasteiger partial charge is 0.379 e. The van der Waals surface area contributed by atoms with Crippen molar-refractivity contribution >= 4 is 23.1 Å². The van der Waals surface area contributed by atoms with Gasteiger partial charge in [-0.25, -0.2) is 15.0 Å². The number of nitrogens with zero attached hydrogens (tertiary/aromatic N) is 7. The summed E-state index contributed by atoms with van der Waals surface area (Å²) in [6, 6.07) is 12.8. The van der Waals surface area contributed by atoms with Crippen molar-refractivity contribution in [2.24, 2.45) is 0 Å². The van der Waals surface area contributed by atoms with Gasteiger partial charge in [-0.3, -0.25) is 14.1 Å². The lowest BCUT2D eigenvalue weighted by atomic mass is 10.2. The van der Waals surface area contributed by atoms with Gasteiger partial charge in [0.2, 0.25) is 0 Å². The average Bonchev–Trinajstić information content (AvgIpc) is 3.36. The Kier molecular flexibility index (Phi) is 6.84. The molecule has 0 atom stereocenters. The first-order valence-electron chi connectivity index (χ1n) is 11.7. The molecule has 4 aromatic rings. The van der Waals surface area contributed by atoms with Gasteiger partial charge in [-0.2, -0.15) is 5.26 Å². The second kappa shape index (κ2) is 10.5. The Morgan fingerprint density at radius 3 is 2.61 bits per heavy atom. The molecule has 4 heterocycles. The van der Waals surface area contributed by atoms with E-state index in [1.807, 2.05) is 16.5 Å². The van der Waals surface area contributed by atoms with Crippen LogP contribution in [0.4, 0.5) is 11.5 Å². The lowest BCUT2D eigenvalue weighted by Crippen LogP contribution is -2.39. The summed E-state index contributed by atoms with van der Waals surface area (Å²) in [5, 5.41) is 12.4. The van der Waals surface area contributed by atoms with Gasteiger partial charge in [0, 0.05) is 56.9 Å². The molecule has 1 aliphatic rings. The molecule has 3 aromatic heterocycles. The number of morpholine rings is 1. The maximum Gasteiger partial charge on any atom is 0.278 e. The van der Waals surface area contributed by atoms with Crippen molar-refractivity contribution in [2.45, 2.75) is 0 Å². The number of fused-ring (bicyclic) bond motifs is 1. The van der Waals surface area contributed by atoms with E-state index in [0.717, 1.165) is 56.5 Å². The number of anilines is 2. The zero-order valence-corrected chi connectivity index (χ0v) is 20.0. The van der Waals surface area contributed by atoms with E-state index in [1.165, 1.54) is 4.90 Å². The standard InChI is InChI=1S/C26H26N8O2/c1-32(21-5-2-19(14-27)3-6-21)26(35)22-18-34-23(16-31-25(34)17-29-22)20-4-7-24(30-15-20)28-8-9-33-10-12-36-13-11-33/h2-7,15-18H,8-13H2,1H3,(H,28,30). The van der Waals surface area contributed by atoms with Crippen LogP contribution in [0.2, 0.25) is 0 Å². The van der Waals surface area contributed by atoms with Crippen molar-refractivity contribution in [3.8, 4) is 17.3 Å². The fourth-order valence-corrected chi connectivity index (χ4v) is 4.08. The Hall–Kier alpha value is -4.33. The number of ether oxygens (including phenoxy) is 1. The summed E-state index contributed by atoms with van der Waals surface area (Å²) < 4.78 is 7.23. The van der Waals surface area contributed by atoms with Crippen molar-refractivity contribution in [1.82, 2.24) is 24.3 Å². The Morgan fingerprint density at radius 2 is 1.89 bits per heavy atom. The summed E-state index contributed by atoms with van der Waals surface area (Å²) in [6.45, 7) is 5.27. The van der Waals surface area contributed by atoms with Crippen LogP contribution < -0.4 is 10.2 Å². The highest BCUT2D eigenvalue weighted by molar-refractivity contribution is 6.04. The van der Waals surface area contributed by atoms with Crippen LogP contribution in [-0.4, -0.2) is 76.6 Å². The molecule has 5 rings (SSSR count). The number of hydrogen-bond acceptors (Lipinski definition) is 8. The minimum absolute atomic E-state index is 0.265. The molecule has 1 fully saturated rings. The third-order valence-corrected chi connectivity index (χ3v) is 6.20. The molecule has 0 saturated carbocycles. The van der Waals surface area contributed by atoms with Crippen molar-refractivity contribution in [1.29, 1.82) is 5.26 Å². The number of benzene rings is 1. The summed E-state index contributed by atoms with van der Waals surface area (Å²) in [7, 11) is 1.68. The Bertz CT molecular complexity index is 1390. The normalized spacial score (nSPS) is 13.9. The number of hydrogen-bond donors (Lipinski definition) is 1. The molecule has 0 unspecified atom stereocenters. The molecule has 0 spiro atoms. The number of imidazole rings is 1. The number of rotatable bonds is 7. The molecule has 10 heteroatoms. The highest BCUT2D eigenvalue weighted by atomic mass is 16.5. The molecule has 1 aliphatic heterocycles. The first-order valence-corrected chi connectivity index (χ1v) is 11.7. The minimum Gasteiger partial charge on any atom is -0.379 e. The monoisotopic (exact) mass is 482 g/mol. The van der Waals surface area contributed by atoms with E-state index in [0.29, 0.717) is 16.9 Å². The first kappa shape index (κ1) is 23.4. The number of carbonyl (C=O) groups is 1. The Labute approximate surface area is 208 Å². The van der Waals surface area contributed by atoms with E-state index in [-0.39, 0.29) is 11.6 Å². The van der Waals surface area contributed by atoms with Gasteiger partial charge in [0.15, 0.2) is 5.65 Å². The van der Waals surface area contributed by atoms with Gasteiger partial charge in [0.05, 0.1) is 42.9 Å². The maximum atomic E-state index is 13.1. The van der Waals surface area contributed by atoms with Crippen LogP contribution in [-0.2, 0) is 4.74 Å². The van der Waals surface area contributed by atoms with E-state index in [2.05, 4.69) is 31.2 Å². The van der Waals surface area contributed by atoms with Crippen LogP contribution in [0.3, 0.4) is 0 Å². The van der Waals surface area contributed by atoms with Gasteiger partial charge in [0.1, 0.15) is 11.5 Å². The second-order valence-corrected chi connectivity index (χ2v) is 8.48. The van der Waals surface area contributed by atoms with Crippen LogP contribution in [0.1, 0.15) is 16.1 Å². The van der Waals surface area contributed by atoms with Crippen LogP contribution in [0, 0.1) is 11.3 Å². The zero-order chi connectivity index (χ0) is 24.9. The predicted octanol–water partition coefficient (Wildman–Crippen LogP) is 2.68. The molecule has 1 amide bonds. The quantitative estimate of drug-likeness (QED) is 0.428. The minimum atomic E-state index is -0.265.